The van der Waals surface area contributed by atoms with Gasteiger partial charge in [-0.15, -0.1) is 6.42 Å². The number of terminal acetylenes is 1. The fraction of sp³-hybridized carbons (Fsp3) is 0.379. The van der Waals surface area contributed by atoms with E-state index < -0.39 is 30.1 Å². The third-order valence-electron chi connectivity index (χ3n) is 8.35. The molecule has 1 aromatic carbocycles. The molecule has 210 valence electrons. The molecule has 0 amide bonds. The van der Waals surface area contributed by atoms with E-state index in [4.69, 9.17) is 20.3 Å². The van der Waals surface area contributed by atoms with Crippen molar-refractivity contribution in [2.24, 2.45) is 5.92 Å². The summed E-state index contributed by atoms with van der Waals surface area (Å²) in [5.74, 6) is 0.398. The molecular weight excluding hydrogens is 541 g/mol. The summed E-state index contributed by atoms with van der Waals surface area (Å²) < 4.78 is 59.5. The number of para-hydroxylation sites is 1. The van der Waals surface area contributed by atoms with Crippen LogP contribution in [0.5, 0.6) is 5.88 Å². The van der Waals surface area contributed by atoms with Crippen molar-refractivity contribution >= 4 is 33.9 Å². The Morgan fingerprint density at radius 2 is 2.10 bits per heavy atom. The Hall–Kier alpha value is -4.37. The summed E-state index contributed by atoms with van der Waals surface area (Å²) in [5.41, 5.74) is 1.53. The number of ether oxygens (including phenoxy) is 2. The second-order valence-electron chi connectivity index (χ2n) is 10.7. The van der Waals surface area contributed by atoms with E-state index >= 15 is 0 Å². The normalized spacial score (nSPS) is 25.7. The topological polar surface area (TPSA) is 111 Å². The Labute approximate surface area is 231 Å². The van der Waals surface area contributed by atoms with E-state index in [1.54, 1.807) is 24.3 Å². The van der Waals surface area contributed by atoms with Crippen LogP contribution in [0.4, 0.5) is 19.0 Å². The standard InChI is InChI=1S/C29H23F3N4O5/c1-2-15-9-19(28-7-8-39-14-16(28)11-28)25(33-12-15)40-17-10-20(26(37)38)36(13-17)24-23-22(34-27(35-24)29(30,31)32)18-5-3-4-6-21(18)41-23/h1,3-6,9,12,16-17,20H,7-8,10-11,13-14H2,(H,37,38)/t16?,17-,20-,28?/m0/s1. The molecule has 0 radical (unpaired) electrons. The minimum absolute atomic E-state index is 0.0139. The lowest BCUT2D eigenvalue weighted by molar-refractivity contribution is -0.144. The summed E-state index contributed by atoms with van der Waals surface area (Å²) in [4.78, 5) is 25.7. The van der Waals surface area contributed by atoms with Gasteiger partial charge in [0.25, 0.3) is 0 Å². The second-order valence-corrected chi connectivity index (χ2v) is 10.7. The van der Waals surface area contributed by atoms with E-state index in [1.165, 1.54) is 11.1 Å². The number of hydrogen-bond donors (Lipinski definition) is 1. The zero-order valence-electron chi connectivity index (χ0n) is 21.5. The average molecular weight is 565 g/mol. The monoisotopic (exact) mass is 564 g/mol. The molecule has 1 N–H and O–H groups in total. The number of alkyl halides is 3. The van der Waals surface area contributed by atoms with Crippen LogP contribution >= 0.6 is 0 Å². The molecule has 9 nitrogen and oxygen atoms in total. The summed E-state index contributed by atoms with van der Waals surface area (Å²) in [6, 6.07) is 7.19. The van der Waals surface area contributed by atoms with Crippen molar-refractivity contribution in [3.63, 3.8) is 0 Å². The first-order chi connectivity index (χ1) is 19.7. The lowest BCUT2D eigenvalue weighted by Crippen LogP contribution is -2.37. The quantitative estimate of drug-likeness (QED) is 0.349. The number of benzene rings is 1. The number of furan rings is 1. The van der Waals surface area contributed by atoms with Crippen LogP contribution in [0.15, 0.2) is 40.9 Å². The maximum absolute atomic E-state index is 13.9. The number of aliphatic carboxylic acids is 1. The van der Waals surface area contributed by atoms with Gasteiger partial charge in [-0.25, -0.2) is 19.7 Å². The Morgan fingerprint density at radius 1 is 1.27 bits per heavy atom. The molecule has 3 fully saturated rings. The highest BCUT2D eigenvalue weighted by molar-refractivity contribution is 6.06. The van der Waals surface area contributed by atoms with Crippen molar-refractivity contribution < 1.29 is 37.0 Å². The maximum Gasteiger partial charge on any atom is 0.451 e. The van der Waals surface area contributed by atoms with Crippen molar-refractivity contribution in [3.8, 4) is 18.2 Å². The van der Waals surface area contributed by atoms with Crippen LogP contribution in [0.25, 0.3) is 22.1 Å². The minimum Gasteiger partial charge on any atom is -0.480 e. The molecule has 12 heteroatoms. The smallest absolute Gasteiger partial charge is 0.451 e. The number of halogens is 3. The predicted molar refractivity (Wildman–Crippen MR) is 140 cm³/mol. The van der Waals surface area contributed by atoms with Gasteiger partial charge >= 0.3 is 12.1 Å². The fourth-order valence-corrected chi connectivity index (χ4v) is 6.24. The van der Waals surface area contributed by atoms with Gasteiger partial charge < -0.3 is 23.9 Å². The third-order valence-corrected chi connectivity index (χ3v) is 8.35. The van der Waals surface area contributed by atoms with Crippen molar-refractivity contribution in [1.29, 1.82) is 0 Å². The number of fused-ring (bicyclic) bond motifs is 4. The fourth-order valence-electron chi connectivity index (χ4n) is 6.24. The lowest BCUT2D eigenvalue weighted by Gasteiger charge is -2.26. The molecule has 2 unspecified atom stereocenters. The number of carboxylic acid groups (broad SMARTS) is 1. The Balaban J connectivity index is 1.28. The van der Waals surface area contributed by atoms with Crippen LogP contribution in [0.3, 0.4) is 0 Å². The highest BCUT2D eigenvalue weighted by Gasteiger charge is 2.58. The van der Waals surface area contributed by atoms with Gasteiger partial charge in [0.2, 0.25) is 11.7 Å². The first-order valence-corrected chi connectivity index (χ1v) is 13.2. The molecule has 0 spiro atoms. The zero-order valence-corrected chi connectivity index (χ0v) is 21.5. The van der Waals surface area contributed by atoms with Gasteiger partial charge in [-0.1, -0.05) is 18.1 Å². The Bertz CT molecular complexity index is 1750. The first-order valence-electron chi connectivity index (χ1n) is 13.2. The van der Waals surface area contributed by atoms with E-state index in [-0.39, 0.29) is 35.3 Å². The first kappa shape index (κ1) is 25.6. The van der Waals surface area contributed by atoms with Gasteiger partial charge in [-0.05, 0) is 37.0 Å². The SMILES string of the molecule is C#Cc1cnc(O[C@H]2C[C@@H](C(=O)O)N(c3nc(C(F)(F)F)nc4c3oc3ccccc34)C2)c(C23CCOCC2C3)c1. The number of carboxylic acids is 1. The van der Waals surface area contributed by atoms with Crippen LogP contribution in [-0.2, 0) is 21.1 Å². The van der Waals surface area contributed by atoms with E-state index in [1.807, 2.05) is 6.07 Å². The lowest BCUT2D eigenvalue weighted by atomic mass is 9.89. The summed E-state index contributed by atoms with van der Waals surface area (Å²) in [6.07, 6.45) is 3.25. The van der Waals surface area contributed by atoms with E-state index in [0.29, 0.717) is 41.5 Å². The molecular formula is C29H23F3N4O5. The van der Waals surface area contributed by atoms with Gasteiger partial charge in [0.05, 0.1) is 13.2 Å². The summed E-state index contributed by atoms with van der Waals surface area (Å²) in [5, 5.41) is 10.5. The summed E-state index contributed by atoms with van der Waals surface area (Å²) in [6.45, 7) is 1.16. The molecule has 2 aliphatic heterocycles. The van der Waals surface area contributed by atoms with Gasteiger partial charge in [-0.3, -0.25) is 0 Å². The number of rotatable bonds is 5. The van der Waals surface area contributed by atoms with Gasteiger partial charge in [0.15, 0.2) is 11.4 Å². The molecule has 0 bridgehead atoms. The average Bonchev–Trinajstić information content (AvgIpc) is 3.37. The summed E-state index contributed by atoms with van der Waals surface area (Å²) in [7, 11) is 0. The van der Waals surface area contributed by atoms with Gasteiger partial charge in [0, 0.05) is 41.2 Å². The number of anilines is 1. The predicted octanol–water partition coefficient (Wildman–Crippen LogP) is 4.56. The van der Waals surface area contributed by atoms with E-state index in [2.05, 4.69) is 20.9 Å². The van der Waals surface area contributed by atoms with Crippen LogP contribution in [-0.4, -0.2) is 57.9 Å². The molecule has 41 heavy (non-hydrogen) atoms. The van der Waals surface area contributed by atoms with Crippen molar-refractivity contribution in [2.45, 2.75) is 43.0 Å². The second kappa shape index (κ2) is 9.07. The van der Waals surface area contributed by atoms with Crippen molar-refractivity contribution in [2.75, 3.05) is 24.7 Å². The molecule has 5 heterocycles. The highest BCUT2D eigenvalue weighted by Crippen LogP contribution is 2.60. The van der Waals surface area contributed by atoms with Crippen molar-refractivity contribution in [3.05, 3.63) is 53.5 Å². The highest BCUT2D eigenvalue weighted by atomic mass is 19.4. The number of aromatic nitrogens is 3. The largest absolute Gasteiger partial charge is 0.480 e. The number of hydrogen-bond acceptors (Lipinski definition) is 8. The van der Waals surface area contributed by atoms with Crippen LogP contribution in [0.1, 0.15) is 36.2 Å². The van der Waals surface area contributed by atoms with E-state index in [9.17, 15) is 23.1 Å². The maximum atomic E-state index is 13.9. The zero-order chi connectivity index (χ0) is 28.5. The molecule has 4 atom stereocenters. The Kier molecular flexibility index (Phi) is 5.66. The van der Waals surface area contributed by atoms with Gasteiger partial charge in [-0.2, -0.15) is 13.2 Å². The number of pyridine rings is 1. The third kappa shape index (κ3) is 4.14. The number of nitrogens with zero attached hydrogens (tertiary/aromatic N) is 4. The molecule has 3 aliphatic rings. The molecule has 3 aromatic heterocycles. The molecule has 4 aromatic rings. The minimum atomic E-state index is -4.86. The van der Waals surface area contributed by atoms with Crippen LogP contribution in [0.2, 0.25) is 0 Å². The van der Waals surface area contributed by atoms with E-state index in [0.717, 1.165) is 18.4 Å². The van der Waals surface area contributed by atoms with Gasteiger partial charge in [0.1, 0.15) is 23.2 Å². The number of carbonyl (C=O) groups is 1. The molecule has 2 saturated heterocycles. The van der Waals surface area contributed by atoms with Crippen LogP contribution < -0.4 is 9.64 Å². The summed E-state index contributed by atoms with van der Waals surface area (Å²) >= 11 is 0. The Morgan fingerprint density at radius 3 is 2.85 bits per heavy atom. The van der Waals surface area contributed by atoms with Crippen molar-refractivity contribution in [1.82, 2.24) is 15.0 Å². The molecule has 1 aliphatic carbocycles. The molecule has 1 saturated carbocycles. The van der Waals surface area contributed by atoms with Crippen LogP contribution in [0, 0.1) is 18.3 Å². The molecule has 7 rings (SSSR count).